The van der Waals surface area contributed by atoms with Crippen LogP contribution < -0.4 is 15.2 Å². The number of carbonyl (C=O) groups is 1. The van der Waals surface area contributed by atoms with Gasteiger partial charge in [0.05, 0.1) is 24.6 Å². The summed E-state index contributed by atoms with van der Waals surface area (Å²) in [6, 6.07) is 1.75. The molecular formula is C14H20BrNO4. The minimum atomic E-state index is -0.950. The predicted molar refractivity (Wildman–Crippen MR) is 80.8 cm³/mol. The molecule has 0 aromatic heterocycles. The second-order valence-corrected chi connectivity index (χ2v) is 5.56. The number of aliphatic carboxylic acids is 1. The number of rotatable bonds is 6. The van der Waals surface area contributed by atoms with Crippen molar-refractivity contribution in [3.8, 4) is 11.5 Å². The zero-order chi connectivity index (χ0) is 15.4. The van der Waals surface area contributed by atoms with Crippen LogP contribution in [0.1, 0.15) is 36.8 Å². The van der Waals surface area contributed by atoms with Gasteiger partial charge >= 0.3 is 5.97 Å². The van der Waals surface area contributed by atoms with Crippen LogP contribution in [0.5, 0.6) is 11.5 Å². The van der Waals surface area contributed by atoms with Crippen molar-refractivity contribution in [1.82, 2.24) is 0 Å². The zero-order valence-corrected chi connectivity index (χ0v) is 13.7. The molecule has 6 heteroatoms. The van der Waals surface area contributed by atoms with Crippen molar-refractivity contribution >= 4 is 21.9 Å². The summed E-state index contributed by atoms with van der Waals surface area (Å²) in [5.41, 5.74) is 7.08. The van der Waals surface area contributed by atoms with Gasteiger partial charge in [-0.05, 0) is 33.5 Å². The molecule has 5 nitrogen and oxygen atoms in total. The van der Waals surface area contributed by atoms with E-state index in [4.69, 9.17) is 15.2 Å². The van der Waals surface area contributed by atoms with Gasteiger partial charge in [-0.1, -0.05) is 13.8 Å². The number of hydrogen-bond donors (Lipinski definition) is 2. The van der Waals surface area contributed by atoms with Gasteiger partial charge in [-0.15, -0.1) is 0 Å². The fourth-order valence-corrected chi connectivity index (χ4v) is 2.87. The Labute approximate surface area is 127 Å². The fourth-order valence-electron chi connectivity index (χ4n) is 2.28. The molecule has 0 fully saturated rings. The van der Waals surface area contributed by atoms with Crippen LogP contribution in [-0.4, -0.2) is 31.8 Å². The minimum Gasteiger partial charge on any atom is -0.493 e. The van der Waals surface area contributed by atoms with Crippen LogP contribution in [0.3, 0.4) is 0 Å². The number of carboxylic acids is 1. The first-order chi connectivity index (χ1) is 9.38. The molecule has 1 atom stereocenters. The van der Waals surface area contributed by atoms with Gasteiger partial charge in [0.2, 0.25) is 0 Å². The molecule has 1 aromatic rings. The normalized spacial score (nSPS) is 12.3. The van der Waals surface area contributed by atoms with Gasteiger partial charge in [-0.3, -0.25) is 4.79 Å². The quantitative estimate of drug-likeness (QED) is 0.828. The molecule has 0 spiro atoms. The Hall–Kier alpha value is -1.27. The van der Waals surface area contributed by atoms with Gasteiger partial charge in [0.1, 0.15) is 0 Å². The standard InChI is InChI=1S/C14H20BrNO4/c1-7(2)11-8(9(6-16)14(17)18)5-10(15)12(19-3)13(11)20-4/h5,7,9H,6,16H2,1-4H3,(H,17,18). The number of hydrogen-bond acceptors (Lipinski definition) is 4. The second-order valence-electron chi connectivity index (χ2n) is 4.71. The van der Waals surface area contributed by atoms with E-state index in [1.54, 1.807) is 13.2 Å². The second kappa shape index (κ2) is 6.95. The third-order valence-corrected chi connectivity index (χ3v) is 3.74. The molecule has 112 valence electrons. The number of nitrogens with two attached hydrogens (primary N) is 1. The largest absolute Gasteiger partial charge is 0.493 e. The van der Waals surface area contributed by atoms with Crippen molar-refractivity contribution in [2.24, 2.45) is 5.73 Å². The van der Waals surface area contributed by atoms with Crippen LogP contribution in [0.2, 0.25) is 0 Å². The summed E-state index contributed by atoms with van der Waals surface area (Å²) in [6.07, 6.45) is 0. The van der Waals surface area contributed by atoms with E-state index in [1.165, 1.54) is 7.11 Å². The van der Waals surface area contributed by atoms with Crippen molar-refractivity contribution < 1.29 is 19.4 Å². The molecule has 0 aliphatic carbocycles. The maximum Gasteiger partial charge on any atom is 0.312 e. The van der Waals surface area contributed by atoms with Gasteiger partial charge in [0.15, 0.2) is 11.5 Å². The third-order valence-electron chi connectivity index (χ3n) is 3.16. The van der Waals surface area contributed by atoms with Crippen LogP contribution in [0.25, 0.3) is 0 Å². The SMILES string of the molecule is COc1c(Br)cc(C(CN)C(=O)O)c(C(C)C)c1OC. The Morgan fingerprint density at radius 2 is 1.90 bits per heavy atom. The molecule has 0 aliphatic heterocycles. The average Bonchev–Trinajstić information content (AvgIpc) is 2.37. The molecule has 0 bridgehead atoms. The number of ether oxygens (including phenoxy) is 2. The Balaban J connectivity index is 3.67. The Morgan fingerprint density at radius 3 is 2.25 bits per heavy atom. The third kappa shape index (κ3) is 3.07. The number of carboxylic acid groups (broad SMARTS) is 1. The van der Waals surface area contributed by atoms with Crippen molar-refractivity contribution in [2.45, 2.75) is 25.7 Å². The highest BCUT2D eigenvalue weighted by Gasteiger charge is 2.28. The maximum absolute atomic E-state index is 11.4. The topological polar surface area (TPSA) is 81.8 Å². The van der Waals surface area contributed by atoms with E-state index >= 15 is 0 Å². The Morgan fingerprint density at radius 1 is 1.35 bits per heavy atom. The van der Waals surface area contributed by atoms with E-state index in [-0.39, 0.29) is 12.5 Å². The van der Waals surface area contributed by atoms with E-state index in [0.717, 1.165) is 5.56 Å². The monoisotopic (exact) mass is 345 g/mol. The molecule has 0 radical (unpaired) electrons. The Bertz CT molecular complexity index is 502. The highest BCUT2D eigenvalue weighted by Crippen LogP contribution is 2.45. The first kappa shape index (κ1) is 16.8. The lowest BCUT2D eigenvalue weighted by atomic mass is 9.87. The summed E-state index contributed by atoms with van der Waals surface area (Å²) < 4.78 is 11.4. The molecule has 1 rings (SSSR count). The number of halogens is 1. The van der Waals surface area contributed by atoms with Crippen molar-refractivity contribution in [1.29, 1.82) is 0 Å². The summed E-state index contributed by atoms with van der Waals surface area (Å²) in [4.78, 5) is 11.4. The molecule has 1 aromatic carbocycles. The van der Waals surface area contributed by atoms with Gasteiger partial charge in [-0.2, -0.15) is 0 Å². The van der Waals surface area contributed by atoms with E-state index < -0.39 is 11.9 Å². The van der Waals surface area contributed by atoms with Crippen LogP contribution in [0.15, 0.2) is 10.5 Å². The molecular weight excluding hydrogens is 326 g/mol. The van der Waals surface area contributed by atoms with Gasteiger partial charge < -0.3 is 20.3 Å². The van der Waals surface area contributed by atoms with Crippen LogP contribution >= 0.6 is 15.9 Å². The number of methoxy groups -OCH3 is 2. The molecule has 0 aliphatic rings. The molecule has 0 saturated heterocycles. The molecule has 3 N–H and O–H groups in total. The highest BCUT2D eigenvalue weighted by atomic mass is 79.9. The summed E-state index contributed by atoms with van der Waals surface area (Å²) in [5, 5.41) is 9.35. The first-order valence-electron chi connectivity index (χ1n) is 6.26. The van der Waals surface area contributed by atoms with Crippen molar-refractivity contribution in [2.75, 3.05) is 20.8 Å². The smallest absolute Gasteiger partial charge is 0.312 e. The van der Waals surface area contributed by atoms with Gasteiger partial charge in [0, 0.05) is 12.1 Å². The molecule has 0 heterocycles. The number of benzene rings is 1. The van der Waals surface area contributed by atoms with Crippen molar-refractivity contribution in [3.05, 3.63) is 21.7 Å². The highest BCUT2D eigenvalue weighted by molar-refractivity contribution is 9.10. The molecule has 0 amide bonds. The minimum absolute atomic E-state index is 0.0248. The average molecular weight is 346 g/mol. The van der Waals surface area contributed by atoms with Crippen LogP contribution in [0, 0.1) is 0 Å². The summed E-state index contributed by atoms with van der Waals surface area (Å²) >= 11 is 3.39. The van der Waals surface area contributed by atoms with E-state index in [0.29, 0.717) is 21.5 Å². The van der Waals surface area contributed by atoms with Gasteiger partial charge in [-0.25, -0.2) is 0 Å². The fraction of sp³-hybridized carbons (Fsp3) is 0.500. The van der Waals surface area contributed by atoms with E-state index in [1.807, 2.05) is 13.8 Å². The maximum atomic E-state index is 11.4. The lowest BCUT2D eigenvalue weighted by Gasteiger charge is -2.23. The molecule has 20 heavy (non-hydrogen) atoms. The zero-order valence-electron chi connectivity index (χ0n) is 12.1. The summed E-state index contributed by atoms with van der Waals surface area (Å²) in [5.74, 6) is -0.542. The Kier molecular flexibility index (Phi) is 5.83. The van der Waals surface area contributed by atoms with Crippen LogP contribution in [-0.2, 0) is 4.79 Å². The van der Waals surface area contributed by atoms with Crippen LogP contribution in [0.4, 0.5) is 0 Å². The lowest BCUT2D eigenvalue weighted by Crippen LogP contribution is -2.23. The summed E-state index contributed by atoms with van der Waals surface area (Å²) in [7, 11) is 3.09. The van der Waals surface area contributed by atoms with E-state index in [2.05, 4.69) is 15.9 Å². The first-order valence-corrected chi connectivity index (χ1v) is 7.05. The lowest BCUT2D eigenvalue weighted by molar-refractivity contribution is -0.138. The molecule has 0 saturated carbocycles. The van der Waals surface area contributed by atoms with Crippen molar-refractivity contribution in [3.63, 3.8) is 0 Å². The predicted octanol–water partition coefficient (Wildman–Crippen LogP) is 2.72. The van der Waals surface area contributed by atoms with Gasteiger partial charge in [0.25, 0.3) is 0 Å². The van der Waals surface area contributed by atoms with E-state index in [9.17, 15) is 9.90 Å². The molecule has 1 unspecified atom stereocenters. The summed E-state index contributed by atoms with van der Waals surface area (Å²) in [6.45, 7) is 3.98.